The van der Waals surface area contributed by atoms with Crippen molar-refractivity contribution in [1.29, 1.82) is 0 Å². The smallest absolute Gasteiger partial charge is 0.147 e. The topological polar surface area (TPSA) is 86.9 Å². The molecule has 3 aromatic carbocycles. The Morgan fingerprint density at radius 3 is 2.55 bits per heavy atom. The predicted molar refractivity (Wildman–Crippen MR) is 131 cm³/mol. The SMILES string of the molecule is CNS(=O)c1ccc(-c2cccc(CC(=O)C3(c4ccc5c(c4)CCCO5)CC3)c2)cc1.O. The van der Waals surface area contributed by atoms with Gasteiger partial charge in [-0.25, -0.2) is 8.93 Å². The lowest BCUT2D eigenvalue weighted by Crippen LogP contribution is -2.23. The normalized spacial score (nSPS) is 16.6. The van der Waals surface area contributed by atoms with Crippen molar-refractivity contribution in [2.75, 3.05) is 13.7 Å². The summed E-state index contributed by atoms with van der Waals surface area (Å²) in [5.41, 5.74) is 5.19. The molecule has 1 fully saturated rings. The molecule has 1 atom stereocenters. The van der Waals surface area contributed by atoms with Gasteiger partial charge in [0.15, 0.2) is 0 Å². The fourth-order valence-electron chi connectivity index (χ4n) is 4.62. The summed E-state index contributed by atoms with van der Waals surface area (Å²) in [6, 6.07) is 22.2. The van der Waals surface area contributed by atoms with Crippen LogP contribution in [0.1, 0.15) is 36.0 Å². The molecule has 0 aromatic heterocycles. The van der Waals surface area contributed by atoms with E-state index in [1.807, 2.05) is 48.5 Å². The molecule has 1 unspecified atom stereocenters. The number of fused-ring (bicyclic) bond motifs is 1. The Morgan fingerprint density at radius 1 is 1.03 bits per heavy atom. The Balaban J connectivity index is 0.00000259. The maximum Gasteiger partial charge on any atom is 0.147 e. The number of ketones is 1. The first-order valence-electron chi connectivity index (χ1n) is 11.2. The Kier molecular flexibility index (Phi) is 6.79. The zero-order valence-electron chi connectivity index (χ0n) is 18.7. The molecule has 1 heterocycles. The van der Waals surface area contributed by atoms with E-state index in [0.29, 0.717) is 12.2 Å². The van der Waals surface area contributed by atoms with E-state index in [1.165, 1.54) is 5.56 Å². The fourth-order valence-corrected chi connectivity index (χ4v) is 5.23. The highest BCUT2D eigenvalue weighted by atomic mass is 32.2. The molecule has 0 bridgehead atoms. The minimum Gasteiger partial charge on any atom is -0.493 e. The summed E-state index contributed by atoms with van der Waals surface area (Å²) in [4.78, 5) is 14.1. The van der Waals surface area contributed by atoms with Crippen LogP contribution in [0.25, 0.3) is 11.1 Å². The number of nitrogens with one attached hydrogen (secondary N) is 1. The second kappa shape index (κ2) is 9.59. The third-order valence-electron chi connectivity index (χ3n) is 6.62. The van der Waals surface area contributed by atoms with Gasteiger partial charge in [0.2, 0.25) is 0 Å². The van der Waals surface area contributed by atoms with Gasteiger partial charge >= 0.3 is 0 Å². The van der Waals surface area contributed by atoms with E-state index in [9.17, 15) is 9.00 Å². The first-order chi connectivity index (χ1) is 15.6. The summed E-state index contributed by atoms with van der Waals surface area (Å²) in [7, 11) is 0.483. The molecule has 172 valence electrons. The third kappa shape index (κ3) is 4.64. The monoisotopic (exact) mass is 463 g/mol. The Bertz CT molecular complexity index is 1180. The lowest BCUT2D eigenvalue weighted by molar-refractivity contribution is -0.120. The first-order valence-corrected chi connectivity index (χ1v) is 12.3. The predicted octanol–water partition coefficient (Wildman–Crippen LogP) is 3.94. The van der Waals surface area contributed by atoms with Crippen LogP contribution in [0.3, 0.4) is 0 Å². The molecule has 1 aliphatic carbocycles. The van der Waals surface area contributed by atoms with E-state index in [0.717, 1.165) is 65.2 Å². The summed E-state index contributed by atoms with van der Waals surface area (Å²) < 4.78 is 20.4. The van der Waals surface area contributed by atoms with Gasteiger partial charge in [-0.15, -0.1) is 0 Å². The number of rotatable bonds is 7. The van der Waals surface area contributed by atoms with E-state index in [1.54, 1.807) is 7.05 Å². The van der Waals surface area contributed by atoms with Gasteiger partial charge in [-0.1, -0.05) is 48.5 Å². The van der Waals surface area contributed by atoms with Crippen LogP contribution in [-0.4, -0.2) is 29.1 Å². The van der Waals surface area contributed by atoms with E-state index in [-0.39, 0.29) is 10.9 Å². The van der Waals surface area contributed by atoms with Crippen molar-refractivity contribution in [3.8, 4) is 16.9 Å². The highest BCUT2D eigenvalue weighted by Gasteiger charge is 2.50. The summed E-state index contributed by atoms with van der Waals surface area (Å²) in [6.45, 7) is 0.781. The number of hydrogen-bond donors (Lipinski definition) is 1. The van der Waals surface area contributed by atoms with Crippen molar-refractivity contribution < 1.29 is 19.2 Å². The van der Waals surface area contributed by atoms with Crippen molar-refractivity contribution >= 4 is 16.8 Å². The molecule has 2 aliphatic rings. The minimum atomic E-state index is -1.19. The van der Waals surface area contributed by atoms with Gasteiger partial charge in [0.1, 0.15) is 22.5 Å². The maximum atomic E-state index is 13.4. The molecular formula is C27H29NO4S. The summed E-state index contributed by atoms with van der Waals surface area (Å²) in [5.74, 6) is 1.27. The molecule has 0 radical (unpaired) electrons. The number of hydrogen-bond acceptors (Lipinski definition) is 3. The second-order valence-corrected chi connectivity index (χ2v) is 10.1. The molecule has 5 rings (SSSR count). The van der Waals surface area contributed by atoms with Crippen LogP contribution in [0.15, 0.2) is 71.6 Å². The number of benzene rings is 3. The standard InChI is InChI=1S/C27H27NO3S.H2O/c1-28-32(30)24-10-7-20(8-11-24)21-5-2-4-19(16-21)17-26(29)27(13-14-27)23-9-12-25-22(18-23)6-3-15-31-25;/h2,4-5,7-12,16,18,28H,3,6,13-15,17H2,1H3;1H2. The van der Waals surface area contributed by atoms with Gasteiger partial charge in [-0.3, -0.25) is 4.79 Å². The van der Waals surface area contributed by atoms with Gasteiger partial charge in [0.25, 0.3) is 0 Å². The molecule has 6 heteroatoms. The van der Waals surface area contributed by atoms with E-state index in [2.05, 4.69) is 22.9 Å². The molecule has 3 N–H and O–H groups in total. The largest absolute Gasteiger partial charge is 0.493 e. The zero-order chi connectivity index (χ0) is 22.1. The van der Waals surface area contributed by atoms with Crippen LogP contribution in [0.4, 0.5) is 0 Å². The van der Waals surface area contributed by atoms with Crippen LogP contribution in [0.5, 0.6) is 5.75 Å². The molecule has 0 spiro atoms. The van der Waals surface area contributed by atoms with Gasteiger partial charge in [-0.2, -0.15) is 0 Å². The van der Waals surface area contributed by atoms with E-state index >= 15 is 0 Å². The second-order valence-electron chi connectivity index (χ2n) is 8.65. The maximum absolute atomic E-state index is 13.4. The van der Waals surface area contributed by atoms with Crippen molar-refractivity contribution in [2.45, 2.75) is 42.4 Å². The summed E-state index contributed by atoms with van der Waals surface area (Å²) >= 11 is 0. The molecule has 5 nitrogen and oxygen atoms in total. The molecular weight excluding hydrogens is 434 g/mol. The Hall–Kier alpha value is -2.80. The van der Waals surface area contributed by atoms with Gasteiger partial charge in [0, 0.05) is 6.42 Å². The zero-order valence-corrected chi connectivity index (χ0v) is 19.5. The molecule has 1 saturated carbocycles. The van der Waals surface area contributed by atoms with Crippen LogP contribution in [-0.2, 0) is 34.0 Å². The van der Waals surface area contributed by atoms with Gasteiger partial charge < -0.3 is 10.2 Å². The highest BCUT2D eigenvalue weighted by Crippen LogP contribution is 2.50. The van der Waals surface area contributed by atoms with Crippen molar-refractivity contribution in [3.63, 3.8) is 0 Å². The number of ether oxygens (including phenoxy) is 1. The molecule has 0 amide bonds. The highest BCUT2D eigenvalue weighted by molar-refractivity contribution is 7.83. The molecule has 33 heavy (non-hydrogen) atoms. The Labute approximate surface area is 197 Å². The van der Waals surface area contributed by atoms with Crippen LogP contribution in [0, 0.1) is 0 Å². The number of aryl methyl sites for hydroxylation is 1. The minimum absolute atomic E-state index is 0. The lowest BCUT2D eigenvalue weighted by Gasteiger charge is -2.21. The number of carbonyl (C=O) groups is 1. The number of carbonyl (C=O) groups excluding carboxylic acids is 1. The Morgan fingerprint density at radius 2 is 1.82 bits per heavy atom. The third-order valence-corrected chi connectivity index (χ3v) is 7.69. The van der Waals surface area contributed by atoms with Crippen LogP contribution < -0.4 is 9.46 Å². The van der Waals surface area contributed by atoms with Crippen LogP contribution >= 0.6 is 0 Å². The van der Waals surface area contributed by atoms with E-state index in [4.69, 9.17) is 4.74 Å². The molecule has 3 aromatic rings. The lowest BCUT2D eigenvalue weighted by atomic mass is 9.86. The molecule has 1 aliphatic heterocycles. The summed E-state index contributed by atoms with van der Waals surface area (Å²) in [5, 5.41) is 0. The van der Waals surface area contributed by atoms with Crippen LogP contribution in [0.2, 0.25) is 0 Å². The quantitative estimate of drug-likeness (QED) is 0.576. The van der Waals surface area contributed by atoms with Gasteiger partial charge in [0.05, 0.1) is 16.9 Å². The molecule has 0 saturated heterocycles. The van der Waals surface area contributed by atoms with Crippen molar-refractivity contribution in [2.24, 2.45) is 0 Å². The average Bonchev–Trinajstić information content (AvgIpc) is 3.66. The summed E-state index contributed by atoms with van der Waals surface area (Å²) in [6.07, 6.45) is 4.35. The average molecular weight is 464 g/mol. The first kappa shape index (κ1) is 23.4. The van der Waals surface area contributed by atoms with Crippen molar-refractivity contribution in [1.82, 2.24) is 4.72 Å². The number of Topliss-reactive ketones (excluding diaryl/α,β-unsaturated/α-hetero) is 1. The van der Waals surface area contributed by atoms with Gasteiger partial charge in [-0.05, 0) is 78.7 Å². The fraction of sp³-hybridized carbons (Fsp3) is 0.296. The van der Waals surface area contributed by atoms with E-state index < -0.39 is 11.0 Å². The van der Waals surface area contributed by atoms with Crippen molar-refractivity contribution in [3.05, 3.63) is 83.4 Å².